The Bertz CT molecular complexity index is 899. The van der Waals surface area contributed by atoms with Crippen molar-refractivity contribution < 1.29 is 4.39 Å². The molecule has 0 saturated heterocycles. The molecule has 0 fully saturated rings. The summed E-state index contributed by atoms with van der Waals surface area (Å²) in [7, 11) is 0. The molecule has 2 aromatic heterocycles. The quantitative estimate of drug-likeness (QED) is 0.788. The van der Waals surface area contributed by atoms with E-state index in [4.69, 9.17) is 0 Å². The van der Waals surface area contributed by atoms with Crippen molar-refractivity contribution >= 4 is 0 Å². The van der Waals surface area contributed by atoms with Gasteiger partial charge in [0.25, 0.3) is 0 Å². The van der Waals surface area contributed by atoms with Gasteiger partial charge in [0, 0.05) is 24.5 Å². The third-order valence-corrected chi connectivity index (χ3v) is 4.77. The van der Waals surface area contributed by atoms with E-state index < -0.39 is 0 Å². The van der Waals surface area contributed by atoms with Crippen molar-refractivity contribution in [2.45, 2.75) is 39.3 Å². The Morgan fingerprint density at radius 2 is 2.08 bits per heavy atom. The van der Waals surface area contributed by atoms with Crippen molar-refractivity contribution in [2.24, 2.45) is 0 Å². The second-order valence-electron chi connectivity index (χ2n) is 6.68. The summed E-state index contributed by atoms with van der Waals surface area (Å²) in [6.45, 7) is 4.71. The zero-order valence-electron chi connectivity index (χ0n) is 14.5. The molecule has 2 heterocycles. The van der Waals surface area contributed by atoms with Crippen molar-refractivity contribution in [3.05, 3.63) is 76.5 Å². The van der Waals surface area contributed by atoms with E-state index in [0.717, 1.165) is 41.2 Å². The predicted octanol–water partition coefficient (Wildman–Crippen LogP) is 3.80. The van der Waals surface area contributed by atoms with Crippen LogP contribution < -0.4 is 5.32 Å². The maximum Gasteiger partial charge on any atom is 0.153 e. The third-order valence-electron chi connectivity index (χ3n) is 4.77. The first-order valence-corrected chi connectivity index (χ1v) is 8.60. The zero-order chi connectivity index (χ0) is 17.4. The maximum absolute atomic E-state index is 13.5. The van der Waals surface area contributed by atoms with Crippen molar-refractivity contribution in [3.63, 3.8) is 0 Å². The molecule has 0 bridgehead atoms. The molecule has 1 N–H and O–H groups in total. The number of rotatable bonds is 4. The van der Waals surface area contributed by atoms with E-state index in [-0.39, 0.29) is 11.9 Å². The number of pyridine rings is 1. The van der Waals surface area contributed by atoms with E-state index in [2.05, 4.69) is 21.5 Å². The van der Waals surface area contributed by atoms with Gasteiger partial charge in [0.1, 0.15) is 5.82 Å². The van der Waals surface area contributed by atoms with Crippen LogP contribution in [0.3, 0.4) is 0 Å². The fraction of sp³-hybridized carbons (Fsp3) is 0.300. The van der Waals surface area contributed by atoms with Crippen LogP contribution in [-0.2, 0) is 13.0 Å². The summed E-state index contributed by atoms with van der Waals surface area (Å²) in [6.07, 6.45) is 3.89. The van der Waals surface area contributed by atoms with Gasteiger partial charge < -0.3 is 5.32 Å². The van der Waals surface area contributed by atoms with Crippen LogP contribution in [0.4, 0.5) is 4.39 Å². The number of hydrogen-bond acceptors (Lipinski definition) is 3. The molecule has 0 amide bonds. The van der Waals surface area contributed by atoms with Crippen LogP contribution in [0.15, 0.2) is 42.6 Å². The molecular formula is C20H21FN4. The molecule has 1 aliphatic rings. The van der Waals surface area contributed by atoms with Gasteiger partial charge in [-0.1, -0.05) is 12.1 Å². The smallest absolute Gasteiger partial charge is 0.153 e. The molecule has 0 spiro atoms. The molecule has 5 heteroatoms. The minimum absolute atomic E-state index is 0.164. The van der Waals surface area contributed by atoms with Gasteiger partial charge in [-0.2, -0.15) is 5.10 Å². The van der Waals surface area contributed by atoms with Crippen LogP contribution in [0.2, 0.25) is 0 Å². The highest BCUT2D eigenvalue weighted by molar-refractivity contribution is 5.35. The topological polar surface area (TPSA) is 42.7 Å². The standard InChI is InChI=1S/C20H21FN4/c1-13-9-14(2)25(24-13)20-8-3-15(12-23-20)11-22-19-7-5-16-4-6-17(21)10-18(16)19/h3-4,6,8-10,12,19,22H,5,7,11H2,1-2H3/t19-/m1/s1. The summed E-state index contributed by atoms with van der Waals surface area (Å²) >= 11 is 0. The Labute approximate surface area is 146 Å². The molecule has 25 heavy (non-hydrogen) atoms. The van der Waals surface area contributed by atoms with Gasteiger partial charge in [-0.25, -0.2) is 14.1 Å². The van der Waals surface area contributed by atoms with E-state index in [1.165, 1.54) is 5.56 Å². The Morgan fingerprint density at radius 1 is 1.20 bits per heavy atom. The van der Waals surface area contributed by atoms with Crippen LogP contribution in [0, 0.1) is 19.7 Å². The monoisotopic (exact) mass is 336 g/mol. The van der Waals surface area contributed by atoms with Gasteiger partial charge in [-0.15, -0.1) is 0 Å². The number of aromatic nitrogens is 3. The first-order chi connectivity index (χ1) is 12.1. The third kappa shape index (κ3) is 3.20. The fourth-order valence-electron chi connectivity index (χ4n) is 3.53. The lowest BCUT2D eigenvalue weighted by Crippen LogP contribution is -2.19. The van der Waals surface area contributed by atoms with Crippen LogP contribution in [0.1, 0.15) is 40.5 Å². The predicted molar refractivity (Wildman–Crippen MR) is 95.1 cm³/mol. The number of nitrogens with zero attached hydrogens (tertiary/aromatic N) is 3. The van der Waals surface area contributed by atoms with E-state index in [0.29, 0.717) is 6.54 Å². The second kappa shape index (κ2) is 6.41. The Hall–Kier alpha value is -2.53. The van der Waals surface area contributed by atoms with Gasteiger partial charge >= 0.3 is 0 Å². The summed E-state index contributed by atoms with van der Waals surface area (Å²) < 4.78 is 15.3. The first-order valence-electron chi connectivity index (χ1n) is 8.60. The molecular weight excluding hydrogens is 315 g/mol. The molecule has 4 rings (SSSR count). The fourth-order valence-corrected chi connectivity index (χ4v) is 3.53. The molecule has 1 aromatic carbocycles. The van der Waals surface area contributed by atoms with Crippen LogP contribution in [0.25, 0.3) is 5.82 Å². The Morgan fingerprint density at radius 3 is 2.80 bits per heavy atom. The summed E-state index contributed by atoms with van der Waals surface area (Å²) in [5.74, 6) is 0.658. The van der Waals surface area contributed by atoms with E-state index in [1.807, 2.05) is 42.9 Å². The summed E-state index contributed by atoms with van der Waals surface area (Å²) in [4.78, 5) is 4.53. The van der Waals surface area contributed by atoms with E-state index >= 15 is 0 Å². The summed E-state index contributed by atoms with van der Waals surface area (Å²) in [5, 5.41) is 7.98. The number of benzene rings is 1. The summed E-state index contributed by atoms with van der Waals surface area (Å²) in [5.41, 5.74) is 5.50. The van der Waals surface area contributed by atoms with Crippen molar-refractivity contribution in [1.82, 2.24) is 20.1 Å². The Kier molecular flexibility index (Phi) is 4.09. The lowest BCUT2D eigenvalue weighted by molar-refractivity contribution is 0.526. The molecule has 1 aliphatic carbocycles. The highest BCUT2D eigenvalue weighted by atomic mass is 19.1. The van der Waals surface area contributed by atoms with Gasteiger partial charge in [0.2, 0.25) is 0 Å². The number of halogens is 1. The normalized spacial score (nSPS) is 16.2. The van der Waals surface area contributed by atoms with Crippen molar-refractivity contribution in [1.29, 1.82) is 0 Å². The van der Waals surface area contributed by atoms with Gasteiger partial charge in [-0.3, -0.25) is 0 Å². The number of nitrogens with one attached hydrogen (secondary N) is 1. The first kappa shape index (κ1) is 16.0. The SMILES string of the molecule is Cc1cc(C)n(-c2ccc(CN[C@@H]3CCc4ccc(F)cc43)cn2)n1. The zero-order valence-corrected chi connectivity index (χ0v) is 14.5. The number of hydrogen-bond donors (Lipinski definition) is 1. The van der Waals surface area contributed by atoms with Gasteiger partial charge in [-0.05, 0) is 67.6 Å². The molecule has 0 aliphatic heterocycles. The maximum atomic E-state index is 13.5. The lowest BCUT2D eigenvalue weighted by Gasteiger charge is -2.14. The van der Waals surface area contributed by atoms with E-state index in [1.54, 1.807) is 12.1 Å². The van der Waals surface area contributed by atoms with Crippen molar-refractivity contribution in [2.75, 3.05) is 0 Å². The average Bonchev–Trinajstić information content (AvgIpc) is 3.15. The molecule has 0 unspecified atom stereocenters. The molecule has 1 atom stereocenters. The second-order valence-corrected chi connectivity index (χ2v) is 6.68. The average molecular weight is 336 g/mol. The number of aryl methyl sites for hydroxylation is 3. The van der Waals surface area contributed by atoms with Crippen LogP contribution in [-0.4, -0.2) is 14.8 Å². The number of fused-ring (bicyclic) bond motifs is 1. The van der Waals surface area contributed by atoms with Crippen LogP contribution in [0.5, 0.6) is 0 Å². The summed E-state index contributed by atoms with van der Waals surface area (Å²) in [6, 6.07) is 11.4. The van der Waals surface area contributed by atoms with Gasteiger partial charge in [0.05, 0.1) is 5.69 Å². The molecule has 0 saturated carbocycles. The van der Waals surface area contributed by atoms with Crippen LogP contribution >= 0.6 is 0 Å². The highest BCUT2D eigenvalue weighted by Gasteiger charge is 2.22. The largest absolute Gasteiger partial charge is 0.306 e. The van der Waals surface area contributed by atoms with E-state index in [9.17, 15) is 4.39 Å². The molecule has 0 radical (unpaired) electrons. The molecule has 3 aromatic rings. The molecule has 4 nitrogen and oxygen atoms in total. The highest BCUT2D eigenvalue weighted by Crippen LogP contribution is 2.31. The minimum atomic E-state index is -0.164. The Balaban J connectivity index is 1.45. The lowest BCUT2D eigenvalue weighted by atomic mass is 10.1. The van der Waals surface area contributed by atoms with Gasteiger partial charge in [0.15, 0.2) is 5.82 Å². The molecule has 128 valence electrons. The minimum Gasteiger partial charge on any atom is -0.306 e. The van der Waals surface area contributed by atoms with Crippen molar-refractivity contribution in [3.8, 4) is 5.82 Å².